The Morgan fingerprint density at radius 1 is 1.35 bits per heavy atom. The highest BCUT2D eigenvalue weighted by atomic mass is 16.5. The van der Waals surface area contributed by atoms with Gasteiger partial charge in [0.2, 0.25) is 5.91 Å². The molecule has 2 rings (SSSR count). The van der Waals surface area contributed by atoms with Gasteiger partial charge in [0.15, 0.2) is 6.10 Å². The van der Waals surface area contributed by atoms with Crippen molar-refractivity contribution < 1.29 is 14.3 Å². The van der Waals surface area contributed by atoms with Crippen LogP contribution in [-0.4, -0.2) is 30.5 Å². The quantitative estimate of drug-likeness (QED) is 0.894. The topological polar surface area (TPSA) is 58.6 Å². The van der Waals surface area contributed by atoms with Crippen LogP contribution in [0.4, 0.5) is 5.69 Å². The molecule has 0 saturated carbocycles. The summed E-state index contributed by atoms with van der Waals surface area (Å²) in [6.07, 6.45) is -0.744. The molecule has 1 unspecified atom stereocenters. The molecule has 1 aliphatic heterocycles. The zero-order chi connectivity index (χ0) is 14.9. The Balaban J connectivity index is 2.12. The Labute approximate surface area is 118 Å². The minimum Gasteiger partial charge on any atom is -0.478 e. The van der Waals surface area contributed by atoms with Crippen LogP contribution < -0.4 is 15.0 Å². The van der Waals surface area contributed by atoms with Crippen molar-refractivity contribution >= 4 is 17.5 Å². The number of hydrogen-bond acceptors (Lipinski definition) is 3. The molecule has 0 fully saturated rings. The lowest BCUT2D eigenvalue weighted by molar-refractivity contribution is -0.132. The first-order chi connectivity index (χ1) is 9.28. The number of ether oxygens (including phenoxy) is 1. The Bertz CT molecular complexity index is 534. The molecule has 20 heavy (non-hydrogen) atoms. The van der Waals surface area contributed by atoms with E-state index in [1.807, 2.05) is 39.0 Å². The zero-order valence-corrected chi connectivity index (χ0v) is 12.3. The number of amides is 2. The number of hydrogen-bond donors (Lipinski definition) is 1. The van der Waals surface area contributed by atoms with Crippen molar-refractivity contribution in [2.24, 2.45) is 0 Å². The van der Waals surface area contributed by atoms with Crippen molar-refractivity contribution in [3.05, 3.63) is 24.3 Å². The minimum atomic E-state index is -0.766. The maximum atomic E-state index is 12.2. The van der Waals surface area contributed by atoms with Gasteiger partial charge >= 0.3 is 0 Å². The Hall–Kier alpha value is -2.04. The lowest BCUT2D eigenvalue weighted by atomic mass is 10.1. The summed E-state index contributed by atoms with van der Waals surface area (Å²) in [7, 11) is 1.69. The summed E-state index contributed by atoms with van der Waals surface area (Å²) < 4.78 is 5.65. The van der Waals surface area contributed by atoms with Crippen LogP contribution in [0.2, 0.25) is 0 Å². The van der Waals surface area contributed by atoms with Crippen LogP contribution in [0, 0.1) is 0 Å². The molecule has 2 amide bonds. The van der Waals surface area contributed by atoms with Gasteiger partial charge < -0.3 is 15.0 Å². The van der Waals surface area contributed by atoms with Crippen molar-refractivity contribution in [1.82, 2.24) is 5.32 Å². The molecule has 1 aromatic rings. The number of nitrogens with one attached hydrogen (secondary N) is 1. The molecular formula is C15H20N2O3. The average Bonchev–Trinajstić information content (AvgIpc) is 2.33. The van der Waals surface area contributed by atoms with Gasteiger partial charge in [0.05, 0.1) is 12.1 Å². The number of anilines is 1. The first-order valence-electron chi connectivity index (χ1n) is 6.62. The Morgan fingerprint density at radius 3 is 2.65 bits per heavy atom. The summed E-state index contributed by atoms with van der Waals surface area (Å²) >= 11 is 0. The zero-order valence-electron chi connectivity index (χ0n) is 12.3. The molecule has 1 aliphatic rings. The molecule has 0 radical (unpaired) electrons. The number of carbonyl (C=O) groups is 2. The van der Waals surface area contributed by atoms with Gasteiger partial charge in [0.25, 0.3) is 5.91 Å². The number of nitrogens with zero attached hydrogens (tertiary/aromatic N) is 1. The third kappa shape index (κ3) is 3.10. The highest BCUT2D eigenvalue weighted by Crippen LogP contribution is 2.33. The summed E-state index contributed by atoms with van der Waals surface area (Å²) in [5.41, 5.74) is 0.406. The first kappa shape index (κ1) is 14.4. The van der Waals surface area contributed by atoms with Crippen LogP contribution in [0.15, 0.2) is 24.3 Å². The normalized spacial score (nSPS) is 18.3. The second-order valence-corrected chi connectivity index (χ2v) is 5.97. The number of para-hydroxylation sites is 2. The van der Waals surface area contributed by atoms with Crippen LogP contribution in [0.1, 0.15) is 27.2 Å². The second-order valence-electron chi connectivity index (χ2n) is 5.97. The fourth-order valence-electron chi connectivity index (χ4n) is 2.14. The van der Waals surface area contributed by atoms with Gasteiger partial charge in [-0.2, -0.15) is 0 Å². The van der Waals surface area contributed by atoms with Gasteiger partial charge in [-0.25, -0.2) is 0 Å². The average molecular weight is 276 g/mol. The third-order valence-corrected chi connectivity index (χ3v) is 2.99. The fourth-order valence-corrected chi connectivity index (χ4v) is 2.14. The molecule has 0 aliphatic carbocycles. The molecule has 0 saturated heterocycles. The highest BCUT2D eigenvalue weighted by molar-refractivity contribution is 6.01. The molecule has 108 valence electrons. The van der Waals surface area contributed by atoms with Crippen LogP contribution in [0.5, 0.6) is 5.75 Å². The van der Waals surface area contributed by atoms with E-state index in [1.165, 1.54) is 4.90 Å². The lowest BCUT2D eigenvalue weighted by Gasteiger charge is -2.32. The van der Waals surface area contributed by atoms with Crippen LogP contribution in [-0.2, 0) is 9.59 Å². The first-order valence-corrected chi connectivity index (χ1v) is 6.62. The Morgan fingerprint density at radius 2 is 2.00 bits per heavy atom. The largest absolute Gasteiger partial charge is 0.478 e. The minimum absolute atomic E-state index is 0.0226. The predicted molar refractivity (Wildman–Crippen MR) is 76.8 cm³/mol. The second kappa shape index (κ2) is 5.15. The van der Waals surface area contributed by atoms with Gasteiger partial charge in [-0.3, -0.25) is 9.59 Å². The molecule has 1 heterocycles. The molecule has 0 aromatic heterocycles. The van der Waals surface area contributed by atoms with E-state index in [9.17, 15) is 9.59 Å². The molecule has 1 N–H and O–H groups in total. The van der Waals surface area contributed by atoms with E-state index in [1.54, 1.807) is 13.1 Å². The molecule has 5 heteroatoms. The van der Waals surface area contributed by atoms with Gasteiger partial charge in [0, 0.05) is 12.6 Å². The number of carbonyl (C=O) groups excluding carboxylic acids is 2. The van der Waals surface area contributed by atoms with E-state index in [0.717, 1.165) is 5.69 Å². The van der Waals surface area contributed by atoms with Crippen molar-refractivity contribution in [1.29, 1.82) is 0 Å². The summed E-state index contributed by atoms with van der Waals surface area (Å²) in [6, 6.07) is 7.30. The fraction of sp³-hybridized carbons (Fsp3) is 0.467. The number of benzene rings is 1. The van der Waals surface area contributed by atoms with E-state index in [-0.39, 0.29) is 23.8 Å². The smallest absolute Gasteiger partial charge is 0.268 e. The molecule has 0 bridgehead atoms. The number of likely N-dealkylation sites (N-methyl/N-ethyl adjacent to an activating group) is 1. The van der Waals surface area contributed by atoms with E-state index in [4.69, 9.17) is 4.74 Å². The van der Waals surface area contributed by atoms with Crippen LogP contribution >= 0.6 is 0 Å². The van der Waals surface area contributed by atoms with E-state index >= 15 is 0 Å². The standard InChI is InChI=1S/C15H20N2O3/c1-15(2,3)16-13(18)9-12-14(19)17(4)10-7-5-6-8-11(10)20-12/h5-8,12H,9H2,1-4H3,(H,16,18). The summed E-state index contributed by atoms with van der Waals surface area (Å²) in [4.78, 5) is 25.7. The summed E-state index contributed by atoms with van der Waals surface area (Å²) in [5, 5.41) is 2.84. The van der Waals surface area contributed by atoms with Crippen molar-refractivity contribution in [2.45, 2.75) is 38.8 Å². The SMILES string of the molecule is CN1C(=O)C(CC(=O)NC(C)(C)C)Oc2ccccc21. The summed E-state index contributed by atoms with van der Waals surface area (Å²) in [5.74, 6) is 0.236. The van der Waals surface area contributed by atoms with Gasteiger partial charge in [-0.1, -0.05) is 12.1 Å². The number of fused-ring (bicyclic) bond motifs is 1. The monoisotopic (exact) mass is 276 g/mol. The lowest BCUT2D eigenvalue weighted by Crippen LogP contribution is -2.48. The molecular weight excluding hydrogens is 256 g/mol. The Kier molecular flexibility index (Phi) is 3.70. The molecule has 1 aromatic carbocycles. The van der Waals surface area contributed by atoms with Crippen molar-refractivity contribution in [3.63, 3.8) is 0 Å². The molecule has 0 spiro atoms. The van der Waals surface area contributed by atoms with Crippen molar-refractivity contribution in [2.75, 3.05) is 11.9 Å². The van der Waals surface area contributed by atoms with Crippen LogP contribution in [0.25, 0.3) is 0 Å². The van der Waals surface area contributed by atoms with E-state index in [2.05, 4.69) is 5.32 Å². The van der Waals surface area contributed by atoms with Gasteiger partial charge in [0.1, 0.15) is 5.75 Å². The third-order valence-electron chi connectivity index (χ3n) is 2.99. The maximum absolute atomic E-state index is 12.2. The van der Waals surface area contributed by atoms with Gasteiger partial charge in [-0.05, 0) is 32.9 Å². The van der Waals surface area contributed by atoms with Crippen LogP contribution in [0.3, 0.4) is 0 Å². The highest BCUT2D eigenvalue weighted by Gasteiger charge is 2.34. The van der Waals surface area contributed by atoms with Gasteiger partial charge in [-0.15, -0.1) is 0 Å². The number of rotatable bonds is 2. The predicted octanol–water partition coefficient (Wildman–Crippen LogP) is 1.72. The van der Waals surface area contributed by atoms with Crippen molar-refractivity contribution in [3.8, 4) is 5.75 Å². The molecule has 5 nitrogen and oxygen atoms in total. The van der Waals surface area contributed by atoms with E-state index in [0.29, 0.717) is 5.75 Å². The van der Waals surface area contributed by atoms with E-state index < -0.39 is 6.10 Å². The molecule has 1 atom stereocenters. The maximum Gasteiger partial charge on any atom is 0.268 e. The summed E-state index contributed by atoms with van der Waals surface area (Å²) in [6.45, 7) is 5.70.